The number of carboxylic acids is 3. The molecule has 0 aliphatic rings. The molecule has 0 saturated heterocycles. The lowest BCUT2D eigenvalue weighted by Gasteiger charge is -2.51. The van der Waals surface area contributed by atoms with E-state index in [2.05, 4.69) is 6.92 Å². The molecule has 0 radical (unpaired) electrons. The number of hydrogen-bond donors (Lipinski definition) is 2. The van der Waals surface area contributed by atoms with Gasteiger partial charge in [-0.05, 0) is 12.8 Å². The van der Waals surface area contributed by atoms with Gasteiger partial charge in [-0.1, -0.05) is 118 Å². The van der Waals surface area contributed by atoms with Gasteiger partial charge in [0.1, 0.15) is 6.04 Å². The van der Waals surface area contributed by atoms with Crippen LogP contribution >= 0.6 is 0 Å². The zero-order valence-electron chi connectivity index (χ0n) is 24.3. The first kappa shape index (κ1) is 35.4. The van der Waals surface area contributed by atoms with Crippen LogP contribution in [0, 0.1) is 0 Å². The molecule has 0 heterocycles. The minimum absolute atomic E-state index is 0.134. The lowest BCUT2D eigenvalue weighted by atomic mass is 9.93. The highest BCUT2D eigenvalue weighted by molar-refractivity contribution is 5.77. The van der Waals surface area contributed by atoms with Gasteiger partial charge in [0.25, 0.3) is 0 Å². The van der Waals surface area contributed by atoms with Crippen LogP contribution in [0.3, 0.4) is 0 Å². The van der Waals surface area contributed by atoms with Gasteiger partial charge in [0.2, 0.25) is 0 Å². The number of carboxylic acid groups (broad SMARTS) is 3. The van der Waals surface area contributed by atoms with E-state index >= 15 is 0 Å². The molecule has 0 aromatic carbocycles. The van der Waals surface area contributed by atoms with E-state index in [-0.39, 0.29) is 25.8 Å². The van der Waals surface area contributed by atoms with E-state index in [0.717, 1.165) is 19.3 Å². The zero-order valence-corrected chi connectivity index (χ0v) is 24.3. The Labute approximate surface area is 226 Å². The van der Waals surface area contributed by atoms with Crippen molar-refractivity contribution in [3.05, 3.63) is 0 Å². The Balaban J connectivity index is 4.69. The molecule has 3 atom stereocenters. The van der Waals surface area contributed by atoms with Gasteiger partial charge in [0, 0.05) is 19.3 Å². The average Bonchev–Trinajstić information content (AvgIpc) is 2.84. The highest BCUT2D eigenvalue weighted by atomic mass is 16.4. The van der Waals surface area contributed by atoms with Gasteiger partial charge in [-0.15, -0.1) is 0 Å². The zero-order chi connectivity index (χ0) is 28.1. The largest absolute Gasteiger partial charge is 0.544 e. The molecule has 0 saturated carbocycles. The van der Waals surface area contributed by atoms with Crippen LogP contribution in [-0.2, 0) is 14.4 Å². The number of nitrogens with zero attached hydrogens (tertiary/aromatic N) is 1. The second-order valence-corrected chi connectivity index (χ2v) is 10.8. The second kappa shape index (κ2) is 21.3. The first-order valence-electron chi connectivity index (χ1n) is 15.3. The van der Waals surface area contributed by atoms with Crippen molar-refractivity contribution in [1.82, 2.24) is 0 Å². The molecule has 37 heavy (non-hydrogen) atoms. The van der Waals surface area contributed by atoms with Gasteiger partial charge in [0.05, 0.1) is 12.5 Å². The minimum Gasteiger partial charge on any atom is -0.544 e. The van der Waals surface area contributed by atoms with Crippen molar-refractivity contribution in [3.63, 3.8) is 0 Å². The van der Waals surface area contributed by atoms with Crippen LogP contribution in [-0.4, -0.2) is 57.3 Å². The summed E-state index contributed by atoms with van der Waals surface area (Å²) in [7, 11) is 0. The number of aliphatic carboxylic acids is 3. The molecule has 3 unspecified atom stereocenters. The molecule has 0 spiro atoms. The van der Waals surface area contributed by atoms with Crippen molar-refractivity contribution in [2.45, 2.75) is 168 Å². The van der Waals surface area contributed by atoms with Gasteiger partial charge >= 0.3 is 11.9 Å². The molecular formula is C30H57NO6. The standard InChI is InChI=1S/C30H57NO6/c1-5-9-10-11-12-13-14-15-16-17-18-19-20-21-22-23-24-31(25(6-2)28(32)33,26(7-3)29(34)35)27(8-4)30(36)37/h25-27H,5-24H2,1-4H3,(H2-,32,33,34,35,36,37). The third-order valence-electron chi connectivity index (χ3n) is 8.14. The molecule has 2 N–H and O–H groups in total. The van der Waals surface area contributed by atoms with Crippen molar-refractivity contribution in [2.75, 3.05) is 6.54 Å². The van der Waals surface area contributed by atoms with Crippen molar-refractivity contribution < 1.29 is 34.2 Å². The number of rotatable bonds is 26. The molecule has 0 fully saturated rings. The fourth-order valence-electron chi connectivity index (χ4n) is 6.20. The highest BCUT2D eigenvalue weighted by Crippen LogP contribution is 2.32. The Morgan fingerprint density at radius 1 is 0.541 bits per heavy atom. The molecule has 0 amide bonds. The van der Waals surface area contributed by atoms with Crippen LogP contribution in [0.1, 0.15) is 150 Å². The lowest BCUT2D eigenvalue weighted by molar-refractivity contribution is -0.974. The van der Waals surface area contributed by atoms with E-state index < -0.39 is 40.5 Å². The fourth-order valence-corrected chi connectivity index (χ4v) is 6.20. The highest BCUT2D eigenvalue weighted by Gasteiger charge is 2.53. The molecule has 7 heteroatoms. The molecule has 0 aromatic heterocycles. The predicted octanol–water partition coefficient (Wildman–Crippen LogP) is 6.32. The third kappa shape index (κ3) is 12.6. The van der Waals surface area contributed by atoms with E-state index in [1.807, 2.05) is 0 Å². The van der Waals surface area contributed by atoms with Crippen LogP contribution in [0.5, 0.6) is 0 Å². The summed E-state index contributed by atoms with van der Waals surface area (Å²) in [5.41, 5.74) is 0. The number of quaternary nitrogens is 1. The normalized spacial score (nSPS) is 15.6. The number of unbranched alkanes of at least 4 members (excludes halogenated alkanes) is 15. The van der Waals surface area contributed by atoms with E-state index in [9.17, 15) is 29.7 Å². The third-order valence-corrected chi connectivity index (χ3v) is 8.14. The first-order chi connectivity index (χ1) is 17.7. The van der Waals surface area contributed by atoms with Crippen molar-refractivity contribution in [3.8, 4) is 0 Å². The fraction of sp³-hybridized carbons (Fsp3) is 0.900. The van der Waals surface area contributed by atoms with Gasteiger partial charge in [-0.2, -0.15) is 0 Å². The number of hydrogen-bond acceptors (Lipinski definition) is 4. The van der Waals surface area contributed by atoms with Crippen LogP contribution < -0.4 is 5.11 Å². The van der Waals surface area contributed by atoms with E-state index in [1.165, 1.54) is 77.0 Å². The molecule has 0 bridgehead atoms. The maximum Gasteiger partial charge on any atom is 0.362 e. The first-order valence-corrected chi connectivity index (χ1v) is 15.3. The Morgan fingerprint density at radius 2 is 0.838 bits per heavy atom. The number of carbonyl (C=O) groups excluding carboxylic acids is 1. The van der Waals surface area contributed by atoms with E-state index in [4.69, 9.17) is 0 Å². The molecule has 0 rings (SSSR count). The Kier molecular flexibility index (Phi) is 20.4. The molecule has 0 aliphatic heterocycles. The summed E-state index contributed by atoms with van der Waals surface area (Å²) in [5, 5.41) is 32.1. The maximum atomic E-state index is 12.2. The lowest BCUT2D eigenvalue weighted by Crippen LogP contribution is -2.73. The summed E-state index contributed by atoms with van der Waals surface area (Å²) in [5.74, 6) is -3.64. The van der Waals surface area contributed by atoms with Gasteiger partial charge < -0.3 is 20.1 Å². The molecule has 0 aliphatic carbocycles. The van der Waals surface area contributed by atoms with Crippen LogP contribution in [0.15, 0.2) is 0 Å². The van der Waals surface area contributed by atoms with E-state index in [1.54, 1.807) is 20.8 Å². The Hall–Kier alpha value is -1.63. The quantitative estimate of drug-likeness (QED) is 0.100. The topological polar surface area (TPSA) is 115 Å². The summed E-state index contributed by atoms with van der Waals surface area (Å²) in [6.45, 7) is 7.52. The van der Waals surface area contributed by atoms with Crippen LogP contribution in [0.2, 0.25) is 0 Å². The van der Waals surface area contributed by atoms with Gasteiger partial charge in [-0.3, -0.25) is 4.48 Å². The van der Waals surface area contributed by atoms with Crippen molar-refractivity contribution >= 4 is 17.9 Å². The molecular weight excluding hydrogens is 470 g/mol. The summed E-state index contributed by atoms with van der Waals surface area (Å²) in [6, 6.07) is -3.36. The second-order valence-electron chi connectivity index (χ2n) is 10.8. The van der Waals surface area contributed by atoms with Crippen molar-refractivity contribution in [2.24, 2.45) is 0 Å². The summed E-state index contributed by atoms with van der Waals surface area (Å²) in [6.07, 6.45) is 19.8. The Morgan fingerprint density at radius 3 is 1.08 bits per heavy atom. The minimum atomic E-state index is -1.36. The average molecular weight is 528 g/mol. The monoisotopic (exact) mass is 527 g/mol. The van der Waals surface area contributed by atoms with E-state index in [0.29, 0.717) is 6.42 Å². The summed E-state index contributed by atoms with van der Waals surface area (Å²) >= 11 is 0. The van der Waals surface area contributed by atoms with Gasteiger partial charge in [-0.25, -0.2) is 9.59 Å². The predicted molar refractivity (Wildman–Crippen MR) is 147 cm³/mol. The SMILES string of the molecule is CCCCCCCCCCCCCCCCCC[N+](C(CC)C(=O)[O-])(C(CC)C(=O)O)C(CC)C(=O)O. The maximum absolute atomic E-state index is 12.2. The Bertz CT molecular complexity index is 568. The van der Waals surface area contributed by atoms with Gasteiger partial charge in [0.15, 0.2) is 12.1 Å². The summed E-state index contributed by atoms with van der Waals surface area (Å²) in [4.78, 5) is 36.5. The smallest absolute Gasteiger partial charge is 0.362 e. The van der Waals surface area contributed by atoms with Crippen LogP contribution in [0.4, 0.5) is 0 Å². The molecule has 0 aromatic rings. The molecule has 7 nitrogen and oxygen atoms in total. The summed E-state index contributed by atoms with van der Waals surface area (Å²) < 4.78 is -0.463. The van der Waals surface area contributed by atoms with Crippen molar-refractivity contribution in [1.29, 1.82) is 0 Å². The molecule has 218 valence electrons. The number of carbonyl (C=O) groups is 3. The van der Waals surface area contributed by atoms with Crippen LogP contribution in [0.25, 0.3) is 0 Å².